The van der Waals surface area contributed by atoms with Crippen molar-refractivity contribution in [3.05, 3.63) is 0 Å². The van der Waals surface area contributed by atoms with E-state index in [0.717, 1.165) is 57.8 Å². The molecule has 0 aliphatic heterocycles. The zero-order chi connectivity index (χ0) is 42.3. The first kappa shape index (κ1) is 56.4. The van der Waals surface area contributed by atoms with Gasteiger partial charge in [-0.2, -0.15) is 0 Å². The molecule has 0 saturated carbocycles. The van der Waals surface area contributed by atoms with Crippen LogP contribution in [0.2, 0.25) is 0 Å². The molecule has 0 aromatic heterocycles. The van der Waals surface area contributed by atoms with Gasteiger partial charge in [0.1, 0.15) is 13.2 Å². The van der Waals surface area contributed by atoms with Crippen LogP contribution in [0.25, 0.3) is 0 Å². The largest absolute Gasteiger partial charge is 0.462 e. The Labute approximate surface area is 361 Å². The standard InChI is InChI=1S/C52H100O6/c1-4-7-10-13-16-19-22-24-25-26-27-28-31-34-37-40-43-46-52(55)58-49(47-56-50(53)44-41-38-35-32-29-21-18-15-12-9-6-3)48-57-51(54)45-42-39-36-33-30-23-20-17-14-11-8-5-2/h49H,4-48H2,1-3H3/t49-/m0/s1. The summed E-state index contributed by atoms with van der Waals surface area (Å²) in [7, 11) is 0. The van der Waals surface area contributed by atoms with Crippen molar-refractivity contribution in [2.75, 3.05) is 13.2 Å². The van der Waals surface area contributed by atoms with E-state index in [4.69, 9.17) is 14.2 Å². The van der Waals surface area contributed by atoms with Crippen molar-refractivity contribution in [2.24, 2.45) is 0 Å². The highest BCUT2D eigenvalue weighted by atomic mass is 16.6. The van der Waals surface area contributed by atoms with Gasteiger partial charge in [0, 0.05) is 19.3 Å². The van der Waals surface area contributed by atoms with Crippen LogP contribution in [0, 0.1) is 0 Å². The molecule has 6 nitrogen and oxygen atoms in total. The van der Waals surface area contributed by atoms with Gasteiger partial charge in [-0.25, -0.2) is 0 Å². The molecule has 0 heterocycles. The molecule has 0 N–H and O–H groups in total. The summed E-state index contributed by atoms with van der Waals surface area (Å²) in [4.78, 5) is 37.9. The molecule has 0 saturated heterocycles. The molecule has 0 aliphatic carbocycles. The van der Waals surface area contributed by atoms with Crippen LogP contribution < -0.4 is 0 Å². The molecule has 344 valence electrons. The topological polar surface area (TPSA) is 78.9 Å². The van der Waals surface area contributed by atoms with E-state index in [-0.39, 0.29) is 31.1 Å². The summed E-state index contributed by atoms with van der Waals surface area (Å²) in [6.07, 6.45) is 50.8. The number of hydrogen-bond donors (Lipinski definition) is 0. The number of rotatable bonds is 48. The molecule has 0 radical (unpaired) electrons. The van der Waals surface area contributed by atoms with E-state index in [1.54, 1.807) is 0 Å². The van der Waals surface area contributed by atoms with Gasteiger partial charge < -0.3 is 14.2 Å². The van der Waals surface area contributed by atoms with Crippen molar-refractivity contribution in [1.29, 1.82) is 0 Å². The first-order chi connectivity index (χ1) is 28.5. The summed E-state index contributed by atoms with van der Waals surface area (Å²) < 4.78 is 16.8. The van der Waals surface area contributed by atoms with E-state index >= 15 is 0 Å². The van der Waals surface area contributed by atoms with Crippen LogP contribution >= 0.6 is 0 Å². The highest BCUT2D eigenvalue weighted by Crippen LogP contribution is 2.17. The Bertz CT molecular complexity index is 859. The average Bonchev–Trinajstić information content (AvgIpc) is 3.22. The minimum atomic E-state index is -0.759. The third-order valence-corrected chi connectivity index (χ3v) is 11.9. The van der Waals surface area contributed by atoms with Gasteiger partial charge in [-0.3, -0.25) is 14.4 Å². The third kappa shape index (κ3) is 45.5. The lowest BCUT2D eigenvalue weighted by Gasteiger charge is -2.18. The molecule has 58 heavy (non-hydrogen) atoms. The third-order valence-electron chi connectivity index (χ3n) is 11.9. The number of unbranched alkanes of at least 4 members (excludes halogenated alkanes) is 37. The highest BCUT2D eigenvalue weighted by molar-refractivity contribution is 5.71. The Balaban J connectivity index is 4.28. The summed E-state index contributed by atoms with van der Waals surface area (Å²) in [6, 6.07) is 0. The predicted molar refractivity (Wildman–Crippen MR) is 247 cm³/mol. The lowest BCUT2D eigenvalue weighted by molar-refractivity contribution is -0.167. The lowest BCUT2D eigenvalue weighted by atomic mass is 10.0. The molecule has 0 rings (SSSR count). The summed E-state index contributed by atoms with van der Waals surface area (Å²) in [5, 5.41) is 0. The van der Waals surface area contributed by atoms with E-state index in [1.807, 2.05) is 0 Å². The maximum absolute atomic E-state index is 12.8. The second-order valence-corrected chi connectivity index (χ2v) is 17.8. The van der Waals surface area contributed by atoms with Crippen molar-refractivity contribution < 1.29 is 28.6 Å². The van der Waals surface area contributed by atoms with Gasteiger partial charge in [0.15, 0.2) is 6.10 Å². The van der Waals surface area contributed by atoms with Crippen LogP contribution in [0.15, 0.2) is 0 Å². The van der Waals surface area contributed by atoms with E-state index in [9.17, 15) is 14.4 Å². The average molecular weight is 821 g/mol. The van der Waals surface area contributed by atoms with Gasteiger partial charge in [-0.05, 0) is 19.3 Å². The molecule has 0 unspecified atom stereocenters. The van der Waals surface area contributed by atoms with Crippen LogP contribution in [-0.4, -0.2) is 37.2 Å². The SMILES string of the molecule is CCCCCCCCCCCCCCCCCCCC(=O)O[C@@H](COC(=O)CCCCCCCCCCCCC)COC(=O)CCCCCCCCCCCCCC. The molecule has 0 fully saturated rings. The maximum Gasteiger partial charge on any atom is 0.306 e. The van der Waals surface area contributed by atoms with Crippen LogP contribution in [0.1, 0.15) is 297 Å². The van der Waals surface area contributed by atoms with Gasteiger partial charge >= 0.3 is 17.9 Å². The first-order valence-electron chi connectivity index (χ1n) is 26.0. The van der Waals surface area contributed by atoms with Crippen molar-refractivity contribution >= 4 is 17.9 Å². The van der Waals surface area contributed by atoms with Crippen LogP contribution in [0.5, 0.6) is 0 Å². The van der Waals surface area contributed by atoms with E-state index in [2.05, 4.69) is 20.8 Å². The van der Waals surface area contributed by atoms with Crippen molar-refractivity contribution in [3.63, 3.8) is 0 Å². The van der Waals surface area contributed by atoms with E-state index in [1.165, 1.54) is 199 Å². The fourth-order valence-electron chi connectivity index (χ4n) is 7.92. The quantitative estimate of drug-likeness (QED) is 0.0346. The molecule has 0 aliphatic rings. The summed E-state index contributed by atoms with van der Waals surface area (Å²) >= 11 is 0. The van der Waals surface area contributed by atoms with Crippen LogP contribution in [0.3, 0.4) is 0 Å². The molecule has 6 heteroatoms. The molecule has 0 amide bonds. The zero-order valence-corrected chi connectivity index (χ0v) is 39.3. The fraction of sp³-hybridized carbons (Fsp3) is 0.942. The first-order valence-corrected chi connectivity index (χ1v) is 26.0. The number of hydrogen-bond acceptors (Lipinski definition) is 6. The molecule has 0 aromatic carbocycles. The normalized spacial score (nSPS) is 11.8. The van der Waals surface area contributed by atoms with Crippen molar-refractivity contribution in [3.8, 4) is 0 Å². The minimum Gasteiger partial charge on any atom is -0.462 e. The molecular formula is C52H100O6. The smallest absolute Gasteiger partial charge is 0.306 e. The summed E-state index contributed by atoms with van der Waals surface area (Å²) in [5.41, 5.74) is 0. The van der Waals surface area contributed by atoms with Crippen LogP contribution in [0.4, 0.5) is 0 Å². The van der Waals surface area contributed by atoms with Crippen molar-refractivity contribution in [1.82, 2.24) is 0 Å². The second kappa shape index (κ2) is 48.1. The Kier molecular flexibility index (Phi) is 46.8. The lowest BCUT2D eigenvalue weighted by Crippen LogP contribution is -2.30. The Morgan fingerprint density at radius 2 is 0.466 bits per heavy atom. The number of ether oxygens (including phenoxy) is 3. The van der Waals surface area contributed by atoms with Crippen LogP contribution in [-0.2, 0) is 28.6 Å². The molecule has 0 spiro atoms. The monoisotopic (exact) mass is 821 g/mol. The Morgan fingerprint density at radius 3 is 0.690 bits per heavy atom. The minimum absolute atomic E-state index is 0.0619. The predicted octanol–water partition coefficient (Wildman–Crippen LogP) is 16.8. The second-order valence-electron chi connectivity index (χ2n) is 17.8. The van der Waals surface area contributed by atoms with Crippen molar-refractivity contribution in [2.45, 2.75) is 303 Å². The number of esters is 3. The Hall–Kier alpha value is -1.59. The zero-order valence-electron chi connectivity index (χ0n) is 39.3. The highest BCUT2D eigenvalue weighted by Gasteiger charge is 2.19. The van der Waals surface area contributed by atoms with E-state index < -0.39 is 6.10 Å². The van der Waals surface area contributed by atoms with Gasteiger partial charge in [-0.15, -0.1) is 0 Å². The molecular weight excluding hydrogens is 721 g/mol. The summed E-state index contributed by atoms with van der Waals surface area (Å²) in [5.74, 6) is -0.842. The van der Waals surface area contributed by atoms with Gasteiger partial charge in [0.05, 0.1) is 0 Å². The van der Waals surface area contributed by atoms with Gasteiger partial charge in [0.2, 0.25) is 0 Å². The fourth-order valence-corrected chi connectivity index (χ4v) is 7.92. The van der Waals surface area contributed by atoms with Gasteiger partial charge in [-0.1, -0.05) is 258 Å². The number of carbonyl (C=O) groups is 3. The Morgan fingerprint density at radius 1 is 0.276 bits per heavy atom. The maximum atomic E-state index is 12.8. The molecule has 0 bridgehead atoms. The summed E-state index contributed by atoms with van der Waals surface area (Å²) in [6.45, 7) is 6.67. The molecule has 0 aromatic rings. The van der Waals surface area contributed by atoms with Gasteiger partial charge in [0.25, 0.3) is 0 Å². The number of carbonyl (C=O) groups excluding carboxylic acids is 3. The molecule has 1 atom stereocenters. The van der Waals surface area contributed by atoms with E-state index in [0.29, 0.717) is 19.3 Å².